The van der Waals surface area contributed by atoms with Gasteiger partial charge in [0.15, 0.2) is 0 Å². The van der Waals surface area contributed by atoms with Gasteiger partial charge in [0.2, 0.25) is 15.9 Å². The van der Waals surface area contributed by atoms with Gasteiger partial charge in [-0.15, -0.1) is 11.3 Å². The van der Waals surface area contributed by atoms with Crippen molar-refractivity contribution in [3.05, 3.63) is 70.0 Å². The smallest absolute Gasteiger partial charge is 0.243 e. The lowest BCUT2D eigenvalue weighted by Gasteiger charge is -2.20. The van der Waals surface area contributed by atoms with Crippen molar-refractivity contribution in [2.75, 3.05) is 13.1 Å². The third-order valence-corrected chi connectivity index (χ3v) is 8.81. The van der Waals surface area contributed by atoms with Crippen LogP contribution in [0.4, 0.5) is 0 Å². The van der Waals surface area contributed by atoms with Gasteiger partial charge in [0, 0.05) is 37.0 Å². The van der Waals surface area contributed by atoms with Crippen LogP contribution in [0.25, 0.3) is 11.3 Å². The van der Waals surface area contributed by atoms with Gasteiger partial charge < -0.3 is 5.32 Å². The molecule has 34 heavy (non-hydrogen) atoms. The fourth-order valence-corrected chi connectivity index (χ4v) is 6.23. The molecule has 1 aliphatic heterocycles. The average molecular weight is 498 g/mol. The Labute approximate surface area is 206 Å². The number of aromatic nitrogens is 1. The Morgan fingerprint density at radius 3 is 2.24 bits per heavy atom. The molecule has 0 bridgehead atoms. The number of benzene rings is 2. The van der Waals surface area contributed by atoms with Crippen molar-refractivity contribution >= 4 is 27.3 Å². The maximum atomic E-state index is 12.9. The molecule has 8 heteroatoms. The van der Waals surface area contributed by atoms with Crippen LogP contribution in [0.5, 0.6) is 0 Å². The largest absolute Gasteiger partial charge is 0.352 e. The van der Waals surface area contributed by atoms with Crippen LogP contribution in [0, 0.1) is 6.92 Å². The highest BCUT2D eigenvalue weighted by Crippen LogP contribution is 2.22. The van der Waals surface area contributed by atoms with Gasteiger partial charge in [0.1, 0.15) is 0 Å². The van der Waals surface area contributed by atoms with Crippen LogP contribution in [0.2, 0.25) is 0 Å². The van der Waals surface area contributed by atoms with Crippen molar-refractivity contribution < 1.29 is 13.2 Å². The molecule has 0 radical (unpaired) electrons. The molecule has 0 unspecified atom stereocenters. The number of aryl methyl sites for hydroxylation is 2. The second-order valence-electron chi connectivity index (χ2n) is 8.69. The van der Waals surface area contributed by atoms with Gasteiger partial charge in [-0.05, 0) is 49.4 Å². The van der Waals surface area contributed by atoms with Crippen LogP contribution < -0.4 is 5.32 Å². The van der Waals surface area contributed by atoms with E-state index in [1.807, 2.05) is 48.7 Å². The van der Waals surface area contributed by atoms with E-state index in [1.54, 1.807) is 27.8 Å². The first-order chi connectivity index (χ1) is 16.4. The first-order valence-electron chi connectivity index (χ1n) is 11.8. The van der Waals surface area contributed by atoms with Crippen molar-refractivity contribution in [1.82, 2.24) is 14.6 Å². The molecule has 0 aliphatic carbocycles. The zero-order valence-electron chi connectivity index (χ0n) is 19.5. The Balaban J connectivity index is 1.25. The van der Waals surface area contributed by atoms with Crippen LogP contribution in [-0.4, -0.2) is 36.7 Å². The topological polar surface area (TPSA) is 79.4 Å². The van der Waals surface area contributed by atoms with E-state index in [2.05, 4.69) is 10.3 Å². The molecule has 1 N–H and O–H groups in total. The number of nitrogens with zero attached hydrogens (tertiary/aromatic N) is 2. The van der Waals surface area contributed by atoms with Crippen LogP contribution in [-0.2, 0) is 27.8 Å². The van der Waals surface area contributed by atoms with Gasteiger partial charge in [-0.25, -0.2) is 13.4 Å². The van der Waals surface area contributed by atoms with E-state index in [1.165, 1.54) is 0 Å². The van der Waals surface area contributed by atoms with E-state index in [0.717, 1.165) is 53.1 Å². The minimum absolute atomic E-state index is 0.0273. The summed E-state index contributed by atoms with van der Waals surface area (Å²) in [6.07, 6.45) is 4.94. The molecule has 4 rings (SSSR count). The molecule has 1 amide bonds. The predicted molar refractivity (Wildman–Crippen MR) is 136 cm³/mol. The normalized spacial score (nSPS) is 15.1. The molecule has 6 nitrogen and oxygen atoms in total. The van der Waals surface area contributed by atoms with Crippen molar-refractivity contribution in [2.24, 2.45) is 0 Å². The van der Waals surface area contributed by atoms with E-state index in [9.17, 15) is 13.2 Å². The van der Waals surface area contributed by atoms with Crippen LogP contribution in [0.15, 0.2) is 58.8 Å². The molecule has 1 aliphatic rings. The van der Waals surface area contributed by atoms with Crippen molar-refractivity contribution in [3.8, 4) is 11.3 Å². The number of hydrogen-bond donors (Lipinski definition) is 1. The summed E-state index contributed by atoms with van der Waals surface area (Å²) in [5, 5.41) is 6.05. The summed E-state index contributed by atoms with van der Waals surface area (Å²) in [7, 11) is -3.44. The van der Waals surface area contributed by atoms with Gasteiger partial charge in [-0.2, -0.15) is 4.31 Å². The number of amides is 1. The standard InChI is InChI=1S/C26H31N3O3S2/c1-20-28-25(19-33-20)23-11-6-22(7-12-23)18-27-26(30)15-10-21-8-13-24(14-9-21)34(31,32)29-16-4-2-3-5-17-29/h6-9,11-14,19H,2-5,10,15-18H2,1H3,(H,27,30). The molecule has 180 valence electrons. The molecule has 1 fully saturated rings. The Morgan fingerprint density at radius 2 is 1.62 bits per heavy atom. The first-order valence-corrected chi connectivity index (χ1v) is 14.1. The fourth-order valence-electron chi connectivity index (χ4n) is 4.10. The minimum Gasteiger partial charge on any atom is -0.352 e. The number of hydrogen-bond acceptors (Lipinski definition) is 5. The summed E-state index contributed by atoms with van der Waals surface area (Å²) in [5.41, 5.74) is 4.03. The summed E-state index contributed by atoms with van der Waals surface area (Å²) < 4.78 is 27.4. The second kappa shape index (κ2) is 11.3. The maximum Gasteiger partial charge on any atom is 0.243 e. The molecule has 0 atom stereocenters. The summed E-state index contributed by atoms with van der Waals surface area (Å²) in [5.74, 6) is -0.0273. The van der Waals surface area contributed by atoms with E-state index in [4.69, 9.17) is 0 Å². The van der Waals surface area contributed by atoms with Gasteiger partial charge in [-0.3, -0.25) is 4.79 Å². The maximum absolute atomic E-state index is 12.9. The highest BCUT2D eigenvalue weighted by atomic mass is 32.2. The number of sulfonamides is 1. The number of rotatable bonds is 8. The van der Waals surface area contributed by atoms with E-state index < -0.39 is 10.0 Å². The predicted octanol–water partition coefficient (Wildman–Crippen LogP) is 4.93. The molecular weight excluding hydrogens is 466 g/mol. The van der Waals surface area contributed by atoms with Gasteiger partial charge in [-0.1, -0.05) is 49.2 Å². The summed E-state index contributed by atoms with van der Waals surface area (Å²) in [6.45, 7) is 3.66. The average Bonchev–Trinajstić information content (AvgIpc) is 3.10. The van der Waals surface area contributed by atoms with Crippen LogP contribution >= 0.6 is 11.3 Å². The molecule has 0 saturated carbocycles. The summed E-state index contributed by atoms with van der Waals surface area (Å²) in [6, 6.07) is 15.0. The molecular formula is C26H31N3O3S2. The van der Waals surface area contributed by atoms with Crippen LogP contribution in [0.3, 0.4) is 0 Å². The molecule has 2 heterocycles. The Kier molecular flexibility index (Phi) is 8.13. The summed E-state index contributed by atoms with van der Waals surface area (Å²) in [4.78, 5) is 17.2. The van der Waals surface area contributed by atoms with Crippen molar-refractivity contribution in [2.45, 2.75) is 56.9 Å². The lowest BCUT2D eigenvalue weighted by atomic mass is 10.1. The quantitative estimate of drug-likeness (QED) is 0.478. The molecule has 3 aromatic rings. The Morgan fingerprint density at radius 1 is 0.971 bits per heavy atom. The highest BCUT2D eigenvalue weighted by molar-refractivity contribution is 7.89. The minimum atomic E-state index is -3.44. The van der Waals surface area contributed by atoms with E-state index in [-0.39, 0.29) is 5.91 Å². The SMILES string of the molecule is Cc1nc(-c2ccc(CNC(=O)CCc3ccc(S(=O)(=O)N4CCCCCC4)cc3)cc2)cs1. The number of thiazole rings is 1. The van der Waals surface area contributed by atoms with Crippen molar-refractivity contribution in [1.29, 1.82) is 0 Å². The molecule has 1 saturated heterocycles. The Hall–Kier alpha value is -2.55. The zero-order chi connectivity index (χ0) is 24.0. The molecule has 0 spiro atoms. The second-order valence-corrected chi connectivity index (χ2v) is 11.7. The molecule has 1 aromatic heterocycles. The third-order valence-electron chi connectivity index (χ3n) is 6.13. The van der Waals surface area contributed by atoms with Gasteiger partial charge >= 0.3 is 0 Å². The number of carbonyl (C=O) groups excluding carboxylic acids is 1. The van der Waals surface area contributed by atoms with E-state index >= 15 is 0 Å². The van der Waals surface area contributed by atoms with Crippen molar-refractivity contribution in [3.63, 3.8) is 0 Å². The van der Waals surface area contributed by atoms with Gasteiger partial charge in [0.25, 0.3) is 0 Å². The lowest BCUT2D eigenvalue weighted by molar-refractivity contribution is -0.121. The number of nitrogens with one attached hydrogen (secondary N) is 1. The Bertz CT molecular complexity index is 1190. The first kappa shape index (κ1) is 24.6. The van der Waals surface area contributed by atoms with E-state index in [0.29, 0.717) is 37.4 Å². The number of carbonyl (C=O) groups is 1. The highest BCUT2D eigenvalue weighted by Gasteiger charge is 2.24. The monoisotopic (exact) mass is 497 g/mol. The van der Waals surface area contributed by atoms with Crippen LogP contribution in [0.1, 0.15) is 48.2 Å². The molecule has 2 aromatic carbocycles. The summed E-state index contributed by atoms with van der Waals surface area (Å²) >= 11 is 1.63. The fraction of sp³-hybridized carbons (Fsp3) is 0.385. The zero-order valence-corrected chi connectivity index (χ0v) is 21.1. The lowest BCUT2D eigenvalue weighted by Crippen LogP contribution is -2.31. The van der Waals surface area contributed by atoms with Gasteiger partial charge in [0.05, 0.1) is 15.6 Å². The third kappa shape index (κ3) is 6.31.